The normalized spacial score (nSPS) is 24.3. The Morgan fingerprint density at radius 3 is 2.89 bits per heavy atom. The van der Waals surface area contributed by atoms with E-state index < -0.39 is 0 Å². The Hall–Kier alpha value is -0.540. The van der Waals surface area contributed by atoms with Gasteiger partial charge in [0.15, 0.2) is 0 Å². The molecule has 0 bridgehead atoms. The Bertz CT molecular complexity index is 381. The van der Waals surface area contributed by atoms with Crippen molar-refractivity contribution in [2.75, 3.05) is 18.0 Å². The van der Waals surface area contributed by atoms with Crippen LogP contribution in [-0.4, -0.2) is 25.2 Å². The number of hydrogen-bond acceptors (Lipinski definition) is 2. The number of rotatable bonds is 4. The van der Waals surface area contributed by atoms with Crippen molar-refractivity contribution in [1.82, 2.24) is 5.32 Å². The molecule has 1 aromatic rings. The molecule has 2 rings (SSSR count). The molecule has 100 valence electrons. The van der Waals surface area contributed by atoms with E-state index in [1.165, 1.54) is 29.4 Å². The molecule has 0 saturated carbocycles. The Morgan fingerprint density at radius 2 is 2.22 bits per heavy atom. The average Bonchev–Trinajstić information content (AvgIpc) is 2.39. The van der Waals surface area contributed by atoms with Crippen molar-refractivity contribution < 1.29 is 0 Å². The second kappa shape index (κ2) is 6.58. The molecule has 1 aliphatic heterocycles. The molecule has 2 atom stereocenters. The lowest BCUT2D eigenvalue weighted by molar-refractivity contribution is 0.369. The fourth-order valence-corrected chi connectivity index (χ4v) is 3.13. The molecule has 0 spiro atoms. The van der Waals surface area contributed by atoms with Gasteiger partial charge in [-0.1, -0.05) is 42.3 Å². The van der Waals surface area contributed by atoms with Crippen LogP contribution in [-0.2, 0) is 0 Å². The van der Waals surface area contributed by atoms with Crippen LogP contribution in [0.5, 0.6) is 0 Å². The zero-order valence-electron chi connectivity index (χ0n) is 11.3. The van der Waals surface area contributed by atoms with E-state index in [-0.39, 0.29) is 0 Å². The fourth-order valence-electron chi connectivity index (χ4n) is 2.74. The highest BCUT2D eigenvalue weighted by Gasteiger charge is 2.26. The maximum absolute atomic E-state index is 3.68. The van der Waals surface area contributed by atoms with Crippen LogP contribution in [0.2, 0.25) is 0 Å². The first-order valence-corrected chi connectivity index (χ1v) is 7.79. The number of anilines is 1. The summed E-state index contributed by atoms with van der Waals surface area (Å²) in [5.74, 6) is 0. The van der Waals surface area contributed by atoms with E-state index in [1.807, 2.05) is 0 Å². The molecule has 0 radical (unpaired) electrons. The summed E-state index contributed by atoms with van der Waals surface area (Å²) in [6, 6.07) is 9.93. The van der Waals surface area contributed by atoms with Crippen LogP contribution in [0.25, 0.3) is 0 Å². The lowest BCUT2D eigenvalue weighted by Crippen LogP contribution is -2.56. The number of halogens is 1. The first-order chi connectivity index (χ1) is 8.74. The summed E-state index contributed by atoms with van der Waals surface area (Å²) < 4.78 is 1.17. The van der Waals surface area contributed by atoms with Crippen LogP contribution in [0, 0.1) is 0 Å². The minimum Gasteiger partial charge on any atom is -0.366 e. The predicted octanol–water partition coefficient (Wildman–Crippen LogP) is 3.81. The lowest BCUT2D eigenvalue weighted by Gasteiger charge is -2.42. The number of benzene rings is 1. The van der Waals surface area contributed by atoms with Crippen molar-refractivity contribution >= 4 is 21.6 Å². The zero-order valence-corrected chi connectivity index (χ0v) is 12.9. The van der Waals surface area contributed by atoms with Gasteiger partial charge < -0.3 is 10.2 Å². The van der Waals surface area contributed by atoms with E-state index in [2.05, 4.69) is 64.3 Å². The summed E-state index contributed by atoms with van der Waals surface area (Å²) >= 11 is 3.57. The number of hydrogen-bond donors (Lipinski definition) is 1. The fraction of sp³-hybridized carbons (Fsp3) is 0.600. The third-order valence-corrected chi connectivity index (χ3v) is 4.24. The van der Waals surface area contributed by atoms with E-state index in [0.717, 1.165) is 13.1 Å². The minimum absolute atomic E-state index is 0.618. The first-order valence-electron chi connectivity index (χ1n) is 7.00. The molecule has 0 amide bonds. The van der Waals surface area contributed by atoms with Gasteiger partial charge in [0.05, 0.1) is 0 Å². The molecule has 1 aliphatic rings. The van der Waals surface area contributed by atoms with E-state index >= 15 is 0 Å². The third kappa shape index (κ3) is 3.27. The van der Waals surface area contributed by atoms with Crippen LogP contribution in [0.3, 0.4) is 0 Å². The molecule has 1 saturated heterocycles. The lowest BCUT2D eigenvalue weighted by atomic mass is 10.0. The Morgan fingerprint density at radius 1 is 1.39 bits per heavy atom. The summed E-state index contributed by atoms with van der Waals surface area (Å²) in [6.45, 7) is 6.77. The van der Waals surface area contributed by atoms with Crippen LogP contribution >= 0.6 is 15.9 Å². The standard InChI is InChI=1S/C15H23BrN2/c1-3-6-13-11-18(14(4-2)10-17-13)15-8-5-7-12(16)9-15/h5,7-9,13-14,17H,3-4,6,10-11H2,1-2H3. The summed E-state index contributed by atoms with van der Waals surface area (Å²) in [5, 5.41) is 3.68. The van der Waals surface area contributed by atoms with Gasteiger partial charge in [-0.3, -0.25) is 0 Å². The highest BCUT2D eigenvalue weighted by atomic mass is 79.9. The van der Waals surface area contributed by atoms with Crippen molar-refractivity contribution in [2.24, 2.45) is 0 Å². The van der Waals surface area contributed by atoms with Gasteiger partial charge in [-0.05, 0) is 31.0 Å². The average molecular weight is 311 g/mol. The summed E-state index contributed by atoms with van der Waals surface area (Å²) in [5.41, 5.74) is 1.35. The maximum Gasteiger partial charge on any atom is 0.0412 e. The molecule has 2 unspecified atom stereocenters. The number of nitrogens with zero attached hydrogens (tertiary/aromatic N) is 1. The zero-order chi connectivity index (χ0) is 13.0. The summed E-state index contributed by atoms with van der Waals surface area (Å²) in [4.78, 5) is 2.57. The molecular formula is C15H23BrN2. The van der Waals surface area contributed by atoms with Crippen molar-refractivity contribution in [3.8, 4) is 0 Å². The molecule has 0 aromatic heterocycles. The smallest absolute Gasteiger partial charge is 0.0412 e. The third-order valence-electron chi connectivity index (χ3n) is 3.75. The molecular weight excluding hydrogens is 288 g/mol. The van der Waals surface area contributed by atoms with E-state index in [4.69, 9.17) is 0 Å². The van der Waals surface area contributed by atoms with Gasteiger partial charge in [-0.15, -0.1) is 0 Å². The largest absolute Gasteiger partial charge is 0.366 e. The van der Waals surface area contributed by atoms with Crippen LogP contribution in [0.4, 0.5) is 5.69 Å². The molecule has 1 N–H and O–H groups in total. The first kappa shape index (κ1) is 13.9. The highest BCUT2D eigenvalue weighted by Crippen LogP contribution is 2.25. The van der Waals surface area contributed by atoms with Gasteiger partial charge in [-0.25, -0.2) is 0 Å². The molecule has 0 aliphatic carbocycles. The molecule has 1 fully saturated rings. The molecule has 2 nitrogen and oxygen atoms in total. The maximum atomic E-state index is 3.68. The highest BCUT2D eigenvalue weighted by molar-refractivity contribution is 9.10. The van der Waals surface area contributed by atoms with E-state index in [0.29, 0.717) is 12.1 Å². The quantitative estimate of drug-likeness (QED) is 0.910. The SMILES string of the molecule is CCCC1CN(c2cccc(Br)c2)C(CC)CN1. The second-order valence-corrected chi connectivity index (χ2v) is 6.00. The second-order valence-electron chi connectivity index (χ2n) is 5.09. The Kier molecular flexibility index (Phi) is 5.07. The van der Waals surface area contributed by atoms with Gasteiger partial charge in [0, 0.05) is 35.3 Å². The molecule has 3 heteroatoms. The molecule has 1 heterocycles. The van der Waals surface area contributed by atoms with Crippen LogP contribution in [0.15, 0.2) is 28.7 Å². The van der Waals surface area contributed by atoms with Crippen molar-refractivity contribution in [2.45, 2.75) is 45.2 Å². The van der Waals surface area contributed by atoms with Gasteiger partial charge in [0.25, 0.3) is 0 Å². The molecule has 18 heavy (non-hydrogen) atoms. The van der Waals surface area contributed by atoms with Crippen LogP contribution < -0.4 is 10.2 Å². The topological polar surface area (TPSA) is 15.3 Å². The Balaban J connectivity index is 2.15. The molecule has 1 aromatic carbocycles. The number of nitrogens with one attached hydrogen (secondary N) is 1. The monoisotopic (exact) mass is 310 g/mol. The van der Waals surface area contributed by atoms with Crippen molar-refractivity contribution in [3.05, 3.63) is 28.7 Å². The van der Waals surface area contributed by atoms with Gasteiger partial charge in [-0.2, -0.15) is 0 Å². The van der Waals surface area contributed by atoms with Crippen LogP contribution in [0.1, 0.15) is 33.1 Å². The predicted molar refractivity (Wildman–Crippen MR) is 82.3 cm³/mol. The van der Waals surface area contributed by atoms with Gasteiger partial charge >= 0.3 is 0 Å². The van der Waals surface area contributed by atoms with Crippen molar-refractivity contribution in [1.29, 1.82) is 0 Å². The van der Waals surface area contributed by atoms with Crippen molar-refractivity contribution in [3.63, 3.8) is 0 Å². The van der Waals surface area contributed by atoms with E-state index in [9.17, 15) is 0 Å². The minimum atomic E-state index is 0.618. The van der Waals surface area contributed by atoms with Gasteiger partial charge in [0.1, 0.15) is 0 Å². The summed E-state index contributed by atoms with van der Waals surface area (Å²) in [6.07, 6.45) is 3.71. The number of piperazine rings is 1. The van der Waals surface area contributed by atoms with Gasteiger partial charge in [0.2, 0.25) is 0 Å². The van der Waals surface area contributed by atoms with E-state index in [1.54, 1.807) is 0 Å². The summed E-state index contributed by atoms with van der Waals surface area (Å²) in [7, 11) is 0. The Labute approximate surface area is 119 Å².